The van der Waals surface area contributed by atoms with Gasteiger partial charge in [0.15, 0.2) is 0 Å². The van der Waals surface area contributed by atoms with Crippen LogP contribution in [0, 0.1) is 0 Å². The Hall–Kier alpha value is -0.290. The van der Waals surface area contributed by atoms with Crippen molar-refractivity contribution in [3.63, 3.8) is 0 Å². The number of aromatic amines is 1. The number of halogens is 1. The number of hydrogen-bond acceptors (Lipinski definition) is 3. The molecule has 0 unspecified atom stereocenters. The number of H-pyrrole nitrogens is 1. The van der Waals surface area contributed by atoms with Crippen molar-refractivity contribution in [1.82, 2.24) is 10.2 Å². The molecule has 0 atom stereocenters. The Morgan fingerprint density at radius 3 is 2.86 bits per heavy atom. The molecule has 0 amide bonds. The lowest BCUT2D eigenvalue weighted by molar-refractivity contribution is 0.606. The Kier molecular flexibility index (Phi) is 3.28. The minimum absolute atomic E-state index is 0.154. The molecule has 0 spiro atoms. The topological polar surface area (TPSA) is 45.8 Å². The molecule has 0 saturated carbocycles. The average Bonchev–Trinajstić information content (AvgIpc) is 2.23. The van der Waals surface area contributed by atoms with E-state index in [1.165, 1.54) is 11.5 Å². The van der Waals surface area contributed by atoms with E-state index in [1.807, 2.05) is 17.8 Å². The zero-order valence-corrected chi connectivity index (χ0v) is 10.0. The lowest BCUT2D eigenvalue weighted by Crippen LogP contribution is -2.15. The minimum Gasteiger partial charge on any atom is -0.267 e. The van der Waals surface area contributed by atoms with Crippen molar-refractivity contribution in [2.24, 2.45) is 0 Å². The first-order valence-corrected chi connectivity index (χ1v) is 6.55. The molecule has 0 bridgehead atoms. The molecule has 1 aromatic heterocycles. The van der Waals surface area contributed by atoms with Crippen molar-refractivity contribution in [3.8, 4) is 0 Å². The standard InChI is InChI=1S/C9H11BrN2OS/c10-7-5-8(11-12-9(7)13)6-1-3-14-4-2-6/h5-6H,1-4H2,(H,12,13). The molecule has 76 valence electrons. The van der Waals surface area contributed by atoms with Gasteiger partial charge in [0.1, 0.15) is 0 Å². The van der Waals surface area contributed by atoms with Crippen molar-refractivity contribution < 1.29 is 0 Å². The van der Waals surface area contributed by atoms with Crippen molar-refractivity contribution in [1.29, 1.82) is 0 Å². The predicted octanol–water partition coefficient (Wildman–Crippen LogP) is 2.14. The van der Waals surface area contributed by atoms with Gasteiger partial charge in [0.2, 0.25) is 0 Å². The van der Waals surface area contributed by atoms with E-state index in [2.05, 4.69) is 26.1 Å². The second-order valence-corrected chi connectivity index (χ2v) is 5.44. The van der Waals surface area contributed by atoms with Crippen molar-refractivity contribution in [3.05, 3.63) is 26.6 Å². The maximum absolute atomic E-state index is 11.1. The zero-order chi connectivity index (χ0) is 9.97. The van der Waals surface area contributed by atoms with E-state index in [4.69, 9.17) is 0 Å². The molecule has 2 heterocycles. The summed E-state index contributed by atoms with van der Waals surface area (Å²) in [6, 6.07) is 1.85. The van der Waals surface area contributed by atoms with Gasteiger partial charge in [-0.05, 0) is 46.3 Å². The molecule has 5 heteroatoms. The Balaban J connectivity index is 2.22. The largest absolute Gasteiger partial charge is 0.278 e. The van der Waals surface area contributed by atoms with Crippen LogP contribution < -0.4 is 5.56 Å². The fourth-order valence-corrected chi connectivity index (χ4v) is 3.03. The number of nitrogens with one attached hydrogen (secondary N) is 1. The predicted molar refractivity (Wildman–Crippen MR) is 61.9 cm³/mol. The smallest absolute Gasteiger partial charge is 0.267 e. The van der Waals surface area contributed by atoms with Crippen molar-refractivity contribution >= 4 is 27.7 Å². The number of hydrogen-bond donors (Lipinski definition) is 1. The van der Waals surface area contributed by atoms with Crippen LogP contribution in [0.1, 0.15) is 24.5 Å². The van der Waals surface area contributed by atoms with Crippen LogP contribution in [-0.2, 0) is 0 Å². The Labute approximate surface area is 94.8 Å². The highest BCUT2D eigenvalue weighted by molar-refractivity contribution is 9.10. The van der Waals surface area contributed by atoms with E-state index >= 15 is 0 Å². The first-order chi connectivity index (χ1) is 6.77. The lowest BCUT2D eigenvalue weighted by atomic mass is 9.99. The maximum atomic E-state index is 11.1. The first kappa shape index (κ1) is 10.2. The fraction of sp³-hybridized carbons (Fsp3) is 0.556. The van der Waals surface area contributed by atoms with Gasteiger partial charge in [-0.2, -0.15) is 16.9 Å². The fourth-order valence-electron chi connectivity index (χ4n) is 1.60. The summed E-state index contributed by atoms with van der Waals surface area (Å²) in [5.74, 6) is 2.91. The quantitative estimate of drug-likeness (QED) is 0.854. The van der Waals surface area contributed by atoms with Crippen LogP contribution in [0.15, 0.2) is 15.3 Å². The monoisotopic (exact) mass is 274 g/mol. The van der Waals surface area contributed by atoms with Crippen LogP contribution in [0.4, 0.5) is 0 Å². The molecule has 3 nitrogen and oxygen atoms in total. The van der Waals surface area contributed by atoms with E-state index in [9.17, 15) is 4.79 Å². The second kappa shape index (κ2) is 4.49. The summed E-state index contributed by atoms with van der Waals surface area (Å²) in [6.45, 7) is 0. The van der Waals surface area contributed by atoms with E-state index in [-0.39, 0.29) is 5.56 Å². The SMILES string of the molecule is O=c1[nH]nc(C2CCSCC2)cc1Br. The molecule has 1 aromatic rings. The van der Waals surface area contributed by atoms with Crippen LogP contribution in [0.5, 0.6) is 0 Å². The van der Waals surface area contributed by atoms with Gasteiger partial charge in [-0.1, -0.05) is 0 Å². The van der Waals surface area contributed by atoms with Gasteiger partial charge in [0, 0.05) is 5.92 Å². The van der Waals surface area contributed by atoms with Crippen molar-refractivity contribution in [2.75, 3.05) is 11.5 Å². The third kappa shape index (κ3) is 2.20. The molecule has 1 N–H and O–H groups in total. The molecule has 2 rings (SSSR count). The Bertz CT molecular complexity index is 373. The summed E-state index contributed by atoms with van der Waals surface area (Å²) in [4.78, 5) is 11.1. The van der Waals surface area contributed by atoms with Crippen LogP contribution in [0.2, 0.25) is 0 Å². The molecule has 14 heavy (non-hydrogen) atoms. The van der Waals surface area contributed by atoms with Crippen LogP contribution in [-0.4, -0.2) is 21.7 Å². The Morgan fingerprint density at radius 1 is 1.50 bits per heavy atom. The number of rotatable bonds is 1. The van der Waals surface area contributed by atoms with Gasteiger partial charge in [-0.15, -0.1) is 0 Å². The van der Waals surface area contributed by atoms with Gasteiger partial charge in [0.05, 0.1) is 10.2 Å². The number of thioether (sulfide) groups is 1. The normalized spacial score (nSPS) is 18.4. The second-order valence-electron chi connectivity index (χ2n) is 3.36. The summed E-state index contributed by atoms with van der Waals surface area (Å²) in [5, 5.41) is 6.59. The van der Waals surface area contributed by atoms with E-state index in [0.717, 1.165) is 18.5 Å². The molecule has 0 aromatic carbocycles. The van der Waals surface area contributed by atoms with E-state index < -0.39 is 0 Å². The molecule has 1 aliphatic rings. The van der Waals surface area contributed by atoms with Gasteiger partial charge >= 0.3 is 0 Å². The Morgan fingerprint density at radius 2 is 2.21 bits per heavy atom. The van der Waals surface area contributed by atoms with Crippen LogP contribution in [0.3, 0.4) is 0 Å². The first-order valence-electron chi connectivity index (χ1n) is 4.60. The molecule has 0 radical (unpaired) electrons. The van der Waals surface area contributed by atoms with Crippen molar-refractivity contribution in [2.45, 2.75) is 18.8 Å². The molecule has 1 fully saturated rings. The summed E-state index contributed by atoms with van der Waals surface area (Å²) in [7, 11) is 0. The van der Waals surface area contributed by atoms with Gasteiger partial charge in [0.25, 0.3) is 5.56 Å². The summed E-state index contributed by atoms with van der Waals surface area (Å²) in [5.41, 5.74) is 0.857. The molecular weight excluding hydrogens is 264 g/mol. The van der Waals surface area contributed by atoms with Gasteiger partial charge in [-0.3, -0.25) is 4.79 Å². The number of nitrogens with zero attached hydrogens (tertiary/aromatic N) is 1. The van der Waals surface area contributed by atoms with Gasteiger partial charge < -0.3 is 0 Å². The highest BCUT2D eigenvalue weighted by atomic mass is 79.9. The molecular formula is C9H11BrN2OS. The average molecular weight is 275 g/mol. The highest BCUT2D eigenvalue weighted by Crippen LogP contribution is 2.30. The van der Waals surface area contributed by atoms with E-state index in [0.29, 0.717) is 10.4 Å². The van der Waals surface area contributed by atoms with E-state index in [1.54, 1.807) is 0 Å². The summed E-state index contributed by atoms with van der Waals surface area (Å²) in [6.07, 6.45) is 2.33. The number of aromatic nitrogens is 2. The van der Waals surface area contributed by atoms with Crippen LogP contribution in [0.25, 0.3) is 0 Å². The molecule has 0 aliphatic carbocycles. The summed E-state index contributed by atoms with van der Waals surface area (Å²) >= 11 is 5.21. The third-order valence-corrected chi connectivity index (χ3v) is 4.06. The molecule has 1 aliphatic heterocycles. The zero-order valence-electron chi connectivity index (χ0n) is 7.62. The third-order valence-electron chi connectivity index (χ3n) is 2.42. The highest BCUT2D eigenvalue weighted by Gasteiger charge is 2.17. The minimum atomic E-state index is -0.154. The molecule has 1 saturated heterocycles. The van der Waals surface area contributed by atoms with Crippen LogP contribution >= 0.6 is 27.7 Å². The van der Waals surface area contributed by atoms with Gasteiger partial charge in [-0.25, -0.2) is 5.10 Å². The summed E-state index contributed by atoms with van der Waals surface area (Å²) < 4.78 is 0.584. The lowest BCUT2D eigenvalue weighted by Gasteiger charge is -2.20. The maximum Gasteiger partial charge on any atom is 0.278 e.